The van der Waals surface area contributed by atoms with E-state index in [1.165, 1.54) is 0 Å². The van der Waals surface area contributed by atoms with Crippen LogP contribution in [0, 0.1) is 11.3 Å². The highest BCUT2D eigenvalue weighted by Crippen LogP contribution is 2.38. The molecule has 1 aromatic heterocycles. The number of nitrogens with one attached hydrogen (secondary N) is 1. The fourth-order valence-corrected chi connectivity index (χ4v) is 1.85. The summed E-state index contributed by atoms with van der Waals surface area (Å²) in [7, 11) is 0. The van der Waals surface area contributed by atoms with Gasteiger partial charge in [-0.2, -0.15) is 5.26 Å². The average Bonchev–Trinajstić information content (AvgIpc) is 3.23. The average molecular weight is 251 g/mol. The minimum atomic E-state index is 0.463. The largest absolute Gasteiger partial charge is 0.384 e. The molecule has 0 unspecified atom stereocenters. The fourth-order valence-electron chi connectivity index (χ4n) is 1.85. The smallest absolute Gasteiger partial charge is 0.136 e. The van der Waals surface area contributed by atoms with E-state index in [1.54, 1.807) is 18.2 Å². The van der Waals surface area contributed by atoms with Gasteiger partial charge >= 0.3 is 0 Å². The molecule has 94 valence electrons. The minimum absolute atomic E-state index is 0.463. The maximum absolute atomic E-state index is 8.75. The van der Waals surface area contributed by atoms with Crippen molar-refractivity contribution < 1.29 is 0 Å². The van der Waals surface area contributed by atoms with Crippen molar-refractivity contribution in [3.05, 3.63) is 41.7 Å². The standard InChI is InChI=1S/C14H13N5/c15-8-9-1-5-11(6-2-9)17-13-7-12(16)18-14(19-13)10-3-4-10/h1-2,5-7,10H,3-4H2,(H3,16,17,18,19). The molecule has 0 radical (unpaired) electrons. The SMILES string of the molecule is N#Cc1ccc(Nc2cc(N)nc(C3CC3)n2)cc1. The molecule has 5 nitrogen and oxygen atoms in total. The molecular weight excluding hydrogens is 238 g/mol. The number of nitrogens with two attached hydrogens (primary N) is 1. The monoisotopic (exact) mass is 251 g/mol. The van der Waals surface area contributed by atoms with E-state index in [0.29, 0.717) is 23.1 Å². The van der Waals surface area contributed by atoms with Crippen LogP contribution >= 0.6 is 0 Å². The quantitative estimate of drug-likeness (QED) is 0.875. The first-order chi connectivity index (χ1) is 9.24. The van der Waals surface area contributed by atoms with Crippen molar-refractivity contribution in [3.8, 4) is 6.07 Å². The lowest BCUT2D eigenvalue weighted by molar-refractivity contribution is 0.936. The Labute approximate surface area is 111 Å². The number of nitrogens with zero attached hydrogens (tertiary/aromatic N) is 3. The zero-order valence-corrected chi connectivity index (χ0v) is 10.3. The zero-order valence-electron chi connectivity index (χ0n) is 10.3. The Bertz CT molecular complexity index is 638. The van der Waals surface area contributed by atoms with E-state index in [1.807, 2.05) is 12.1 Å². The number of rotatable bonds is 3. The summed E-state index contributed by atoms with van der Waals surface area (Å²) in [5.41, 5.74) is 7.29. The Hall–Kier alpha value is -2.61. The van der Waals surface area contributed by atoms with Crippen LogP contribution in [0.25, 0.3) is 0 Å². The number of hydrogen-bond donors (Lipinski definition) is 2. The van der Waals surface area contributed by atoms with Crippen LogP contribution in [0.3, 0.4) is 0 Å². The summed E-state index contributed by atoms with van der Waals surface area (Å²) in [4.78, 5) is 8.71. The number of anilines is 3. The highest BCUT2D eigenvalue weighted by atomic mass is 15.1. The van der Waals surface area contributed by atoms with Crippen LogP contribution in [0.5, 0.6) is 0 Å². The predicted molar refractivity (Wildman–Crippen MR) is 72.9 cm³/mol. The second-order valence-electron chi connectivity index (χ2n) is 4.62. The first-order valence-corrected chi connectivity index (χ1v) is 6.16. The zero-order chi connectivity index (χ0) is 13.2. The molecule has 1 aliphatic rings. The third-order valence-corrected chi connectivity index (χ3v) is 2.99. The number of hydrogen-bond acceptors (Lipinski definition) is 5. The van der Waals surface area contributed by atoms with Crippen molar-refractivity contribution in [1.82, 2.24) is 9.97 Å². The van der Waals surface area contributed by atoms with Gasteiger partial charge in [-0.05, 0) is 37.1 Å². The molecule has 1 aliphatic carbocycles. The third-order valence-electron chi connectivity index (χ3n) is 2.99. The molecule has 0 amide bonds. The lowest BCUT2D eigenvalue weighted by Gasteiger charge is -2.08. The number of benzene rings is 1. The van der Waals surface area contributed by atoms with Crippen molar-refractivity contribution in [2.45, 2.75) is 18.8 Å². The van der Waals surface area contributed by atoms with Gasteiger partial charge in [0.15, 0.2) is 0 Å². The van der Waals surface area contributed by atoms with Gasteiger partial charge in [0, 0.05) is 17.7 Å². The van der Waals surface area contributed by atoms with Gasteiger partial charge in [0.2, 0.25) is 0 Å². The summed E-state index contributed by atoms with van der Waals surface area (Å²) < 4.78 is 0. The van der Waals surface area contributed by atoms with Gasteiger partial charge in [-0.25, -0.2) is 9.97 Å². The first kappa shape index (κ1) is 11.5. The Kier molecular flexibility index (Phi) is 2.76. The van der Waals surface area contributed by atoms with E-state index in [2.05, 4.69) is 21.4 Å². The van der Waals surface area contributed by atoms with Crippen molar-refractivity contribution in [2.24, 2.45) is 0 Å². The Morgan fingerprint density at radius 1 is 1.21 bits per heavy atom. The van der Waals surface area contributed by atoms with Crippen molar-refractivity contribution in [3.63, 3.8) is 0 Å². The molecular formula is C14H13N5. The second-order valence-corrected chi connectivity index (χ2v) is 4.62. The third kappa shape index (κ3) is 2.63. The van der Waals surface area contributed by atoms with E-state index in [-0.39, 0.29) is 0 Å². The van der Waals surface area contributed by atoms with E-state index in [4.69, 9.17) is 11.0 Å². The summed E-state index contributed by atoms with van der Waals surface area (Å²) in [6.45, 7) is 0. The first-order valence-electron chi connectivity index (χ1n) is 6.16. The maximum Gasteiger partial charge on any atom is 0.136 e. The molecule has 1 fully saturated rings. The van der Waals surface area contributed by atoms with Crippen LogP contribution < -0.4 is 11.1 Å². The van der Waals surface area contributed by atoms with E-state index in [0.717, 1.165) is 24.4 Å². The van der Waals surface area contributed by atoms with Crippen LogP contribution in [0.4, 0.5) is 17.3 Å². The molecule has 0 aliphatic heterocycles. The molecule has 2 aromatic rings. The van der Waals surface area contributed by atoms with Crippen LogP contribution in [-0.4, -0.2) is 9.97 Å². The van der Waals surface area contributed by atoms with Crippen molar-refractivity contribution in [1.29, 1.82) is 5.26 Å². The summed E-state index contributed by atoms with van der Waals surface area (Å²) >= 11 is 0. The summed E-state index contributed by atoms with van der Waals surface area (Å²) in [6, 6.07) is 11.0. The lowest BCUT2D eigenvalue weighted by atomic mass is 10.2. The Morgan fingerprint density at radius 2 is 1.95 bits per heavy atom. The van der Waals surface area contributed by atoms with Gasteiger partial charge in [0.1, 0.15) is 17.5 Å². The Morgan fingerprint density at radius 3 is 2.58 bits per heavy atom. The van der Waals surface area contributed by atoms with Gasteiger partial charge < -0.3 is 11.1 Å². The molecule has 5 heteroatoms. The molecule has 0 atom stereocenters. The highest BCUT2D eigenvalue weighted by molar-refractivity contribution is 5.59. The molecule has 3 rings (SSSR count). The van der Waals surface area contributed by atoms with Crippen molar-refractivity contribution >= 4 is 17.3 Å². The van der Waals surface area contributed by atoms with Crippen LogP contribution in [0.1, 0.15) is 30.1 Å². The van der Waals surface area contributed by atoms with Crippen LogP contribution in [0.2, 0.25) is 0 Å². The maximum atomic E-state index is 8.75. The van der Waals surface area contributed by atoms with E-state index in [9.17, 15) is 0 Å². The number of aromatic nitrogens is 2. The highest BCUT2D eigenvalue weighted by Gasteiger charge is 2.27. The van der Waals surface area contributed by atoms with Gasteiger partial charge in [-0.15, -0.1) is 0 Å². The topological polar surface area (TPSA) is 87.6 Å². The second kappa shape index (κ2) is 4.58. The summed E-state index contributed by atoms with van der Waals surface area (Å²) in [6.07, 6.45) is 2.28. The molecule has 3 N–H and O–H groups in total. The van der Waals surface area contributed by atoms with E-state index < -0.39 is 0 Å². The molecule has 0 saturated heterocycles. The Balaban J connectivity index is 1.83. The van der Waals surface area contributed by atoms with Gasteiger partial charge in [0.05, 0.1) is 11.6 Å². The van der Waals surface area contributed by atoms with Crippen molar-refractivity contribution in [2.75, 3.05) is 11.1 Å². The van der Waals surface area contributed by atoms with Gasteiger partial charge in [0.25, 0.3) is 0 Å². The van der Waals surface area contributed by atoms with Crippen LogP contribution in [0.15, 0.2) is 30.3 Å². The molecule has 0 bridgehead atoms. The lowest BCUT2D eigenvalue weighted by Crippen LogP contribution is -2.02. The number of nitrogen functional groups attached to an aromatic ring is 1. The van der Waals surface area contributed by atoms with Gasteiger partial charge in [-0.1, -0.05) is 0 Å². The predicted octanol–water partition coefficient (Wildman–Crippen LogP) is 2.55. The molecule has 1 heterocycles. The number of nitriles is 1. The minimum Gasteiger partial charge on any atom is -0.384 e. The summed E-state index contributed by atoms with van der Waals surface area (Å²) in [5.74, 6) is 2.45. The fraction of sp³-hybridized carbons (Fsp3) is 0.214. The molecule has 1 saturated carbocycles. The van der Waals surface area contributed by atoms with Gasteiger partial charge in [-0.3, -0.25) is 0 Å². The molecule has 1 aromatic carbocycles. The summed E-state index contributed by atoms with van der Waals surface area (Å²) in [5, 5.41) is 11.9. The van der Waals surface area contributed by atoms with Crippen LogP contribution in [-0.2, 0) is 0 Å². The van der Waals surface area contributed by atoms with E-state index >= 15 is 0 Å². The normalized spacial score (nSPS) is 13.8. The molecule has 0 spiro atoms. The molecule has 19 heavy (non-hydrogen) atoms.